The Morgan fingerprint density at radius 1 is 0.867 bits per heavy atom. The fraction of sp³-hybridized carbons (Fsp3) is 0.909. The van der Waals surface area contributed by atoms with E-state index in [0.717, 1.165) is 12.5 Å². The zero-order chi connectivity index (χ0) is 11.6. The largest absolute Gasteiger partial charge is 0.500 e. The number of hydrogen-bond donors (Lipinski definition) is 0. The van der Waals surface area contributed by atoms with Crippen LogP contribution in [0.2, 0.25) is 6.04 Å². The monoisotopic (exact) mass is 233 g/mol. The van der Waals surface area contributed by atoms with E-state index in [4.69, 9.17) is 13.3 Å². The van der Waals surface area contributed by atoms with E-state index >= 15 is 0 Å². The lowest BCUT2D eigenvalue weighted by Crippen LogP contribution is -2.42. The molecule has 0 atom stereocenters. The highest BCUT2D eigenvalue weighted by atomic mass is 28.4. The first kappa shape index (κ1) is 15.1. The van der Waals surface area contributed by atoms with Gasteiger partial charge >= 0.3 is 8.80 Å². The molecule has 0 aromatic heterocycles. The number of hydrogen-bond acceptors (Lipinski definition) is 3. The maximum absolute atomic E-state index is 5.35. The Kier molecular flexibility index (Phi) is 9.39. The average Bonchev–Trinajstić information content (AvgIpc) is 2.29. The molecule has 15 heavy (non-hydrogen) atoms. The Bertz CT molecular complexity index is 130. The van der Waals surface area contributed by atoms with Crippen molar-refractivity contribution in [2.24, 2.45) is 0 Å². The van der Waals surface area contributed by atoms with Crippen LogP contribution < -0.4 is 0 Å². The summed E-state index contributed by atoms with van der Waals surface area (Å²) in [5, 5.41) is 0. The maximum atomic E-state index is 5.35. The SMILES string of the molecule is C[CH]CCCCCC[Si](OC)(OC)OC. The van der Waals surface area contributed by atoms with E-state index in [0.29, 0.717) is 0 Å². The van der Waals surface area contributed by atoms with E-state index in [-0.39, 0.29) is 0 Å². The first-order chi connectivity index (χ1) is 7.24. The molecular formula is C11H25O3Si. The second kappa shape index (κ2) is 9.33. The van der Waals surface area contributed by atoms with E-state index in [1.807, 2.05) is 0 Å². The molecular weight excluding hydrogens is 208 g/mol. The summed E-state index contributed by atoms with van der Waals surface area (Å²) < 4.78 is 16.1. The van der Waals surface area contributed by atoms with Gasteiger partial charge in [-0.05, 0) is 12.8 Å². The van der Waals surface area contributed by atoms with E-state index in [2.05, 4.69) is 13.3 Å². The molecule has 0 aliphatic rings. The molecule has 91 valence electrons. The van der Waals surface area contributed by atoms with Gasteiger partial charge in [-0.15, -0.1) is 0 Å². The normalized spacial score (nSPS) is 12.0. The van der Waals surface area contributed by atoms with Gasteiger partial charge in [0.05, 0.1) is 0 Å². The molecule has 0 N–H and O–H groups in total. The summed E-state index contributed by atoms with van der Waals surface area (Å²) in [5.74, 6) is 0. The van der Waals surface area contributed by atoms with E-state index in [9.17, 15) is 0 Å². The van der Waals surface area contributed by atoms with Crippen LogP contribution in [0.5, 0.6) is 0 Å². The Labute approximate surface area is 95.5 Å². The maximum Gasteiger partial charge on any atom is 0.500 e. The van der Waals surface area contributed by atoms with Crippen LogP contribution in [0.25, 0.3) is 0 Å². The Morgan fingerprint density at radius 3 is 1.87 bits per heavy atom. The molecule has 0 fully saturated rings. The first-order valence-electron chi connectivity index (χ1n) is 5.68. The van der Waals surface area contributed by atoms with Crippen molar-refractivity contribution in [1.82, 2.24) is 0 Å². The highest BCUT2D eigenvalue weighted by molar-refractivity contribution is 6.60. The van der Waals surface area contributed by atoms with Crippen LogP contribution in [-0.4, -0.2) is 30.1 Å². The average molecular weight is 233 g/mol. The van der Waals surface area contributed by atoms with E-state index < -0.39 is 8.80 Å². The lowest BCUT2D eigenvalue weighted by atomic mass is 10.1. The molecule has 0 aliphatic carbocycles. The second-order valence-corrected chi connectivity index (χ2v) is 6.75. The van der Waals surface area contributed by atoms with Crippen molar-refractivity contribution in [3.63, 3.8) is 0 Å². The van der Waals surface area contributed by atoms with Gasteiger partial charge in [-0.2, -0.15) is 0 Å². The van der Waals surface area contributed by atoms with Crippen LogP contribution in [0.1, 0.15) is 39.0 Å². The standard InChI is InChI=1S/C11H25O3Si/c1-5-6-7-8-9-10-11-15(12-2,13-3)14-4/h5H,6-11H2,1-4H3. The molecule has 0 bridgehead atoms. The molecule has 1 radical (unpaired) electrons. The molecule has 0 aromatic rings. The Hall–Kier alpha value is 0.0969. The minimum atomic E-state index is -2.29. The minimum absolute atomic E-state index is 0.923. The van der Waals surface area contributed by atoms with Crippen LogP contribution in [0.3, 0.4) is 0 Å². The lowest BCUT2D eigenvalue weighted by molar-refractivity contribution is 0.122. The molecule has 0 heterocycles. The predicted octanol–water partition coefficient (Wildman–Crippen LogP) is 3.04. The zero-order valence-corrected chi connectivity index (χ0v) is 11.5. The summed E-state index contributed by atoms with van der Waals surface area (Å²) in [6, 6.07) is 0.923. The highest BCUT2D eigenvalue weighted by Crippen LogP contribution is 2.17. The van der Waals surface area contributed by atoms with Gasteiger partial charge in [0.2, 0.25) is 0 Å². The van der Waals surface area contributed by atoms with Gasteiger partial charge in [-0.25, -0.2) is 0 Å². The van der Waals surface area contributed by atoms with Crippen molar-refractivity contribution in [3.8, 4) is 0 Å². The first-order valence-corrected chi connectivity index (χ1v) is 7.61. The third-order valence-electron chi connectivity index (χ3n) is 2.66. The Balaban J connectivity index is 3.54. The molecule has 0 aromatic carbocycles. The predicted molar refractivity (Wildman–Crippen MR) is 64.6 cm³/mol. The molecule has 4 heteroatoms. The van der Waals surface area contributed by atoms with E-state index in [1.165, 1.54) is 25.7 Å². The van der Waals surface area contributed by atoms with Crippen LogP contribution in [-0.2, 0) is 13.3 Å². The summed E-state index contributed by atoms with van der Waals surface area (Å²) in [6.07, 6.45) is 8.38. The lowest BCUT2D eigenvalue weighted by Gasteiger charge is -2.24. The van der Waals surface area contributed by atoms with Crippen molar-refractivity contribution in [1.29, 1.82) is 0 Å². The van der Waals surface area contributed by atoms with Crippen LogP contribution in [0, 0.1) is 6.42 Å². The van der Waals surface area contributed by atoms with Crippen molar-refractivity contribution in [3.05, 3.63) is 6.42 Å². The molecule has 0 aliphatic heterocycles. The van der Waals surface area contributed by atoms with E-state index in [1.54, 1.807) is 21.3 Å². The summed E-state index contributed by atoms with van der Waals surface area (Å²) in [4.78, 5) is 0. The van der Waals surface area contributed by atoms with Gasteiger partial charge in [0, 0.05) is 27.4 Å². The minimum Gasteiger partial charge on any atom is -0.377 e. The van der Waals surface area contributed by atoms with Gasteiger partial charge in [0.25, 0.3) is 0 Å². The van der Waals surface area contributed by atoms with Gasteiger partial charge in [0.15, 0.2) is 0 Å². The summed E-state index contributed by atoms with van der Waals surface area (Å²) in [6.45, 7) is 2.11. The fourth-order valence-corrected chi connectivity index (χ4v) is 3.40. The van der Waals surface area contributed by atoms with Crippen molar-refractivity contribution < 1.29 is 13.3 Å². The molecule has 0 spiro atoms. The number of unbranched alkanes of at least 4 members (excludes halogenated alkanes) is 5. The van der Waals surface area contributed by atoms with Crippen molar-refractivity contribution >= 4 is 8.80 Å². The third-order valence-corrected chi connectivity index (χ3v) is 5.49. The highest BCUT2D eigenvalue weighted by Gasteiger charge is 2.36. The smallest absolute Gasteiger partial charge is 0.377 e. The molecule has 0 rings (SSSR count). The molecule has 0 saturated carbocycles. The summed E-state index contributed by atoms with van der Waals surface area (Å²) in [5.41, 5.74) is 0. The molecule has 3 nitrogen and oxygen atoms in total. The van der Waals surface area contributed by atoms with Gasteiger partial charge in [-0.1, -0.05) is 32.6 Å². The quantitative estimate of drug-likeness (QED) is 0.429. The van der Waals surface area contributed by atoms with Crippen LogP contribution in [0.15, 0.2) is 0 Å². The second-order valence-electron chi connectivity index (χ2n) is 3.66. The van der Waals surface area contributed by atoms with Crippen molar-refractivity contribution in [2.75, 3.05) is 21.3 Å². The molecule has 0 amide bonds. The van der Waals surface area contributed by atoms with Gasteiger partial charge in [0.1, 0.15) is 0 Å². The van der Waals surface area contributed by atoms with Crippen molar-refractivity contribution in [2.45, 2.75) is 45.1 Å². The topological polar surface area (TPSA) is 27.7 Å². The zero-order valence-electron chi connectivity index (χ0n) is 10.5. The van der Waals surface area contributed by atoms with Crippen LogP contribution >= 0.6 is 0 Å². The van der Waals surface area contributed by atoms with Crippen LogP contribution in [0.4, 0.5) is 0 Å². The molecule has 0 saturated heterocycles. The third kappa shape index (κ3) is 6.30. The molecule has 0 unspecified atom stereocenters. The number of rotatable bonds is 10. The fourth-order valence-electron chi connectivity index (χ4n) is 1.60. The van der Waals surface area contributed by atoms with Gasteiger partial charge in [-0.3, -0.25) is 0 Å². The summed E-state index contributed by atoms with van der Waals surface area (Å²) in [7, 11) is 2.72. The summed E-state index contributed by atoms with van der Waals surface area (Å²) >= 11 is 0. The Morgan fingerprint density at radius 2 is 1.40 bits per heavy atom. The van der Waals surface area contributed by atoms with Gasteiger partial charge < -0.3 is 13.3 Å².